The zero-order valence-electron chi connectivity index (χ0n) is 12.8. The van der Waals surface area contributed by atoms with Gasteiger partial charge >= 0.3 is 0 Å². The highest BCUT2D eigenvalue weighted by Crippen LogP contribution is 2.35. The van der Waals surface area contributed by atoms with Crippen LogP contribution in [0.1, 0.15) is 90.4 Å². The van der Waals surface area contributed by atoms with Crippen molar-refractivity contribution in [3.63, 3.8) is 0 Å². The number of carbonyl (C=O) groups is 1. The van der Waals surface area contributed by atoms with Gasteiger partial charge in [0.05, 0.1) is 0 Å². The van der Waals surface area contributed by atoms with Gasteiger partial charge in [-0.25, -0.2) is 0 Å². The van der Waals surface area contributed by atoms with Gasteiger partial charge < -0.3 is 0 Å². The van der Waals surface area contributed by atoms with E-state index in [1.165, 1.54) is 77.0 Å². The minimum absolute atomic E-state index is 0.430. The molecule has 0 heterocycles. The van der Waals surface area contributed by atoms with Gasteiger partial charge in [-0.05, 0) is 37.5 Å². The Morgan fingerprint density at radius 3 is 2.21 bits per heavy atom. The highest BCUT2D eigenvalue weighted by atomic mass is 16.1. The van der Waals surface area contributed by atoms with Crippen LogP contribution in [0.15, 0.2) is 0 Å². The van der Waals surface area contributed by atoms with Gasteiger partial charge in [0.2, 0.25) is 0 Å². The Kier molecular flexibility index (Phi) is 6.40. The average Bonchev–Trinajstić information content (AvgIpc) is 2.46. The molecule has 0 unspecified atom stereocenters. The van der Waals surface area contributed by atoms with Gasteiger partial charge in [-0.3, -0.25) is 4.79 Å². The predicted octanol–water partition coefficient (Wildman–Crippen LogP) is 5.52. The zero-order chi connectivity index (χ0) is 13.5. The molecule has 2 aliphatic carbocycles. The molecule has 0 spiro atoms. The number of hydrogen-bond acceptors (Lipinski definition) is 1. The first-order valence-corrected chi connectivity index (χ1v) is 8.82. The molecule has 2 rings (SSSR count). The van der Waals surface area contributed by atoms with E-state index in [0.29, 0.717) is 11.7 Å². The largest absolute Gasteiger partial charge is 0.299 e. The van der Waals surface area contributed by atoms with Crippen LogP contribution in [0.2, 0.25) is 0 Å². The Balaban J connectivity index is 1.67. The fourth-order valence-corrected chi connectivity index (χ4v) is 4.11. The van der Waals surface area contributed by atoms with Crippen molar-refractivity contribution >= 4 is 5.78 Å². The normalized spacial score (nSPS) is 29.3. The van der Waals surface area contributed by atoms with Crippen molar-refractivity contribution in [1.29, 1.82) is 0 Å². The molecule has 1 heteroatoms. The van der Waals surface area contributed by atoms with Crippen LogP contribution in [0, 0.1) is 17.8 Å². The summed E-state index contributed by atoms with van der Waals surface area (Å²) in [7, 11) is 0. The molecule has 0 aliphatic heterocycles. The summed E-state index contributed by atoms with van der Waals surface area (Å²) < 4.78 is 0. The molecule has 2 aliphatic rings. The Hall–Kier alpha value is -0.330. The van der Waals surface area contributed by atoms with E-state index < -0.39 is 0 Å². The summed E-state index contributed by atoms with van der Waals surface area (Å²) in [6, 6.07) is 0. The fraction of sp³-hybridized carbons (Fsp3) is 0.944. The summed E-state index contributed by atoms with van der Waals surface area (Å²) in [6.45, 7) is 2.28. The maximum absolute atomic E-state index is 12.4. The van der Waals surface area contributed by atoms with E-state index in [0.717, 1.165) is 18.3 Å². The molecule has 0 aromatic carbocycles. The van der Waals surface area contributed by atoms with E-state index in [1.807, 2.05) is 0 Å². The number of Topliss-reactive ketones (excluding diaryl/α,β-unsaturated/α-hetero) is 1. The lowest BCUT2D eigenvalue weighted by molar-refractivity contribution is -0.125. The lowest BCUT2D eigenvalue weighted by Crippen LogP contribution is -2.24. The standard InChI is InChI=1S/C18H32O/c1-2-3-7-15-10-12-17(13-11-15)18(19)14-16-8-5-4-6-9-16/h15-17H,2-14H2,1H3. The zero-order valence-corrected chi connectivity index (χ0v) is 12.8. The third-order valence-electron chi connectivity index (χ3n) is 5.48. The highest BCUT2D eigenvalue weighted by molar-refractivity contribution is 5.81. The van der Waals surface area contributed by atoms with Crippen molar-refractivity contribution in [3.05, 3.63) is 0 Å². The average molecular weight is 264 g/mol. The van der Waals surface area contributed by atoms with Gasteiger partial charge in [0.25, 0.3) is 0 Å². The molecule has 0 bridgehead atoms. The molecule has 0 saturated heterocycles. The van der Waals surface area contributed by atoms with E-state index >= 15 is 0 Å². The van der Waals surface area contributed by atoms with Crippen LogP contribution in [-0.4, -0.2) is 5.78 Å². The molecule has 0 radical (unpaired) electrons. The van der Waals surface area contributed by atoms with E-state index in [2.05, 4.69) is 6.92 Å². The summed E-state index contributed by atoms with van der Waals surface area (Å²) in [4.78, 5) is 12.4. The predicted molar refractivity (Wildman–Crippen MR) is 81.2 cm³/mol. The minimum atomic E-state index is 0.430. The summed E-state index contributed by atoms with van der Waals surface area (Å²) in [5.41, 5.74) is 0. The first-order chi connectivity index (χ1) is 9.29. The van der Waals surface area contributed by atoms with Crippen molar-refractivity contribution in [2.75, 3.05) is 0 Å². The summed E-state index contributed by atoms with van der Waals surface area (Å²) in [5, 5.41) is 0. The first kappa shape index (κ1) is 15.1. The maximum Gasteiger partial charge on any atom is 0.136 e. The van der Waals surface area contributed by atoms with Crippen LogP contribution < -0.4 is 0 Å². The molecule has 0 N–H and O–H groups in total. The molecule has 0 atom stereocenters. The van der Waals surface area contributed by atoms with E-state index in [4.69, 9.17) is 0 Å². The SMILES string of the molecule is CCCCC1CCC(C(=O)CC2CCCCC2)CC1. The van der Waals surface area contributed by atoms with Gasteiger partial charge in [-0.1, -0.05) is 58.3 Å². The van der Waals surface area contributed by atoms with Crippen LogP contribution in [0.4, 0.5) is 0 Å². The monoisotopic (exact) mass is 264 g/mol. The summed E-state index contributed by atoms with van der Waals surface area (Å²) in [6.07, 6.45) is 16.8. The first-order valence-electron chi connectivity index (χ1n) is 8.82. The Morgan fingerprint density at radius 1 is 0.895 bits per heavy atom. The molecule has 0 amide bonds. The van der Waals surface area contributed by atoms with Crippen LogP contribution in [-0.2, 0) is 4.79 Å². The number of carbonyl (C=O) groups excluding carboxylic acids is 1. The Morgan fingerprint density at radius 2 is 1.58 bits per heavy atom. The lowest BCUT2D eigenvalue weighted by Gasteiger charge is -2.29. The van der Waals surface area contributed by atoms with E-state index in [1.54, 1.807) is 0 Å². The van der Waals surface area contributed by atoms with Gasteiger partial charge in [0.1, 0.15) is 5.78 Å². The minimum Gasteiger partial charge on any atom is -0.299 e. The van der Waals surface area contributed by atoms with E-state index in [9.17, 15) is 4.79 Å². The van der Waals surface area contributed by atoms with Crippen LogP contribution in [0.5, 0.6) is 0 Å². The van der Waals surface area contributed by atoms with Crippen molar-refractivity contribution in [1.82, 2.24) is 0 Å². The van der Waals surface area contributed by atoms with Gasteiger partial charge in [-0.15, -0.1) is 0 Å². The smallest absolute Gasteiger partial charge is 0.136 e. The summed E-state index contributed by atoms with van der Waals surface area (Å²) in [5.74, 6) is 2.71. The summed E-state index contributed by atoms with van der Waals surface area (Å²) >= 11 is 0. The van der Waals surface area contributed by atoms with Gasteiger partial charge in [0, 0.05) is 12.3 Å². The van der Waals surface area contributed by atoms with Crippen LogP contribution in [0.3, 0.4) is 0 Å². The third-order valence-corrected chi connectivity index (χ3v) is 5.48. The van der Waals surface area contributed by atoms with Crippen molar-refractivity contribution in [2.24, 2.45) is 17.8 Å². The molecule has 19 heavy (non-hydrogen) atoms. The third kappa shape index (κ3) is 4.93. The molecular weight excluding hydrogens is 232 g/mol. The van der Waals surface area contributed by atoms with Crippen LogP contribution in [0.25, 0.3) is 0 Å². The molecule has 2 saturated carbocycles. The van der Waals surface area contributed by atoms with Crippen molar-refractivity contribution < 1.29 is 4.79 Å². The molecule has 2 fully saturated rings. The van der Waals surface area contributed by atoms with Crippen molar-refractivity contribution in [3.8, 4) is 0 Å². The number of hydrogen-bond donors (Lipinski definition) is 0. The second-order valence-electron chi connectivity index (χ2n) is 7.03. The Bertz CT molecular complexity index is 257. The topological polar surface area (TPSA) is 17.1 Å². The highest BCUT2D eigenvalue weighted by Gasteiger charge is 2.27. The number of rotatable bonds is 6. The molecular formula is C18H32O. The molecule has 110 valence electrons. The Labute approximate surface area is 119 Å². The molecule has 0 aromatic heterocycles. The number of unbranched alkanes of at least 4 members (excludes halogenated alkanes) is 1. The number of ketones is 1. The van der Waals surface area contributed by atoms with Gasteiger partial charge in [-0.2, -0.15) is 0 Å². The van der Waals surface area contributed by atoms with Gasteiger partial charge in [0.15, 0.2) is 0 Å². The maximum atomic E-state index is 12.4. The second-order valence-corrected chi connectivity index (χ2v) is 7.03. The fourth-order valence-electron chi connectivity index (χ4n) is 4.11. The molecule has 1 nitrogen and oxygen atoms in total. The molecule has 0 aromatic rings. The van der Waals surface area contributed by atoms with Crippen LogP contribution >= 0.6 is 0 Å². The van der Waals surface area contributed by atoms with Crippen molar-refractivity contribution in [2.45, 2.75) is 90.4 Å². The van der Waals surface area contributed by atoms with E-state index in [-0.39, 0.29) is 0 Å². The lowest BCUT2D eigenvalue weighted by atomic mass is 9.75. The second kappa shape index (κ2) is 8.07. The quantitative estimate of drug-likeness (QED) is 0.617.